The van der Waals surface area contributed by atoms with Gasteiger partial charge in [0.05, 0.1) is 34.4 Å². The van der Waals surface area contributed by atoms with Gasteiger partial charge in [-0.25, -0.2) is 4.98 Å². The number of thiophene rings is 1. The highest BCUT2D eigenvalue weighted by molar-refractivity contribution is 7.29. The standard InChI is InChI=1S/C34H39N5O2S2/c35-19-17-26-11-14-29(15-12-26)41-22-10-8-6-4-2-1-3-5-7-9-20-39-21-18-27-23-28(13-16-31(27)39)37-38-34-36-33-32(43-34)24-30(25-40)42-33/h11-16,23-25H,1-10,17-18,20-22H2/b38-37+. The molecular formula is C34H39N5O2S2. The summed E-state index contributed by atoms with van der Waals surface area (Å²) in [6.45, 7) is 2.97. The second-order valence-electron chi connectivity index (χ2n) is 11.0. The van der Waals surface area contributed by atoms with Crippen LogP contribution in [-0.2, 0) is 12.8 Å². The first-order valence-electron chi connectivity index (χ1n) is 15.5. The molecule has 0 spiro atoms. The molecule has 1 aliphatic rings. The number of fused-ring (bicyclic) bond motifs is 2. The Hall–Kier alpha value is -3.61. The second-order valence-corrected chi connectivity index (χ2v) is 13.1. The molecule has 4 aromatic rings. The molecule has 2 aromatic heterocycles. The van der Waals surface area contributed by atoms with Crippen molar-refractivity contribution in [3.05, 3.63) is 64.5 Å². The predicted octanol–water partition coefficient (Wildman–Crippen LogP) is 9.99. The van der Waals surface area contributed by atoms with E-state index in [4.69, 9.17) is 10.00 Å². The van der Waals surface area contributed by atoms with Crippen molar-refractivity contribution in [1.82, 2.24) is 4.98 Å². The third-order valence-electron chi connectivity index (χ3n) is 7.82. The highest BCUT2D eigenvalue weighted by atomic mass is 32.1. The largest absolute Gasteiger partial charge is 0.494 e. The zero-order valence-electron chi connectivity index (χ0n) is 24.7. The first-order chi connectivity index (χ1) is 21.2. The lowest BCUT2D eigenvalue weighted by atomic mass is 10.1. The molecule has 224 valence electrons. The summed E-state index contributed by atoms with van der Waals surface area (Å²) in [5.41, 5.74) is 4.59. The maximum absolute atomic E-state index is 10.9. The number of hydrogen-bond donors (Lipinski definition) is 0. The van der Waals surface area contributed by atoms with Gasteiger partial charge in [0, 0.05) is 18.8 Å². The molecule has 43 heavy (non-hydrogen) atoms. The number of nitrogens with zero attached hydrogens (tertiary/aromatic N) is 5. The molecule has 0 amide bonds. The number of rotatable bonds is 18. The lowest BCUT2D eigenvalue weighted by Gasteiger charge is -2.19. The number of aromatic nitrogens is 1. The molecule has 9 heteroatoms. The van der Waals surface area contributed by atoms with Crippen LogP contribution in [0.5, 0.6) is 5.75 Å². The summed E-state index contributed by atoms with van der Waals surface area (Å²) >= 11 is 2.85. The van der Waals surface area contributed by atoms with E-state index in [1.54, 1.807) is 0 Å². The fourth-order valence-corrected chi connectivity index (χ4v) is 7.35. The van der Waals surface area contributed by atoms with E-state index in [1.165, 1.54) is 91.7 Å². The summed E-state index contributed by atoms with van der Waals surface area (Å²) < 4.78 is 6.80. The van der Waals surface area contributed by atoms with E-state index in [9.17, 15) is 4.79 Å². The number of thiazole rings is 1. The van der Waals surface area contributed by atoms with Crippen LogP contribution in [0.4, 0.5) is 16.5 Å². The zero-order valence-corrected chi connectivity index (χ0v) is 26.3. The molecule has 0 fully saturated rings. The Morgan fingerprint density at radius 3 is 2.37 bits per heavy atom. The number of unbranched alkanes of at least 4 members (excludes halogenated alkanes) is 9. The molecule has 3 heterocycles. The van der Waals surface area contributed by atoms with Crippen molar-refractivity contribution in [1.29, 1.82) is 5.26 Å². The van der Waals surface area contributed by atoms with Crippen LogP contribution < -0.4 is 9.64 Å². The number of nitriles is 1. The number of benzene rings is 2. The number of ether oxygens (including phenoxy) is 1. The summed E-state index contributed by atoms with van der Waals surface area (Å²) in [6.07, 6.45) is 15.2. The molecule has 0 aliphatic carbocycles. The molecule has 0 saturated heterocycles. The topological polar surface area (TPSA) is 90.9 Å². The fourth-order valence-electron chi connectivity index (χ4n) is 5.50. The molecule has 7 nitrogen and oxygen atoms in total. The summed E-state index contributed by atoms with van der Waals surface area (Å²) in [5.74, 6) is 0.896. The number of aldehydes is 1. The van der Waals surface area contributed by atoms with Gasteiger partial charge in [-0.05, 0) is 66.8 Å². The van der Waals surface area contributed by atoms with E-state index in [0.717, 1.165) is 65.4 Å². The average Bonchev–Trinajstić information content (AvgIpc) is 3.72. The van der Waals surface area contributed by atoms with Crippen LogP contribution in [0, 0.1) is 11.3 Å². The van der Waals surface area contributed by atoms with Crippen LogP contribution in [0.3, 0.4) is 0 Å². The quantitative estimate of drug-likeness (QED) is 0.0633. The van der Waals surface area contributed by atoms with Gasteiger partial charge in [-0.1, -0.05) is 74.8 Å². The number of azo groups is 1. The smallest absolute Gasteiger partial charge is 0.231 e. The van der Waals surface area contributed by atoms with Gasteiger partial charge in [-0.3, -0.25) is 4.79 Å². The van der Waals surface area contributed by atoms with Crippen LogP contribution in [0.25, 0.3) is 9.53 Å². The van der Waals surface area contributed by atoms with Crippen molar-refractivity contribution in [2.45, 2.75) is 77.0 Å². The van der Waals surface area contributed by atoms with E-state index >= 15 is 0 Å². The van der Waals surface area contributed by atoms with E-state index < -0.39 is 0 Å². The summed E-state index contributed by atoms with van der Waals surface area (Å²) in [4.78, 5) is 19.5. The van der Waals surface area contributed by atoms with Gasteiger partial charge in [0.15, 0.2) is 6.29 Å². The molecule has 0 bridgehead atoms. The Bertz CT molecular complexity index is 1510. The SMILES string of the molecule is N#CCc1ccc(OCCCCCCCCCCCCN2CCc3cc(/N=N/c4nc5sc(C=O)cc5s4)ccc32)cc1. The summed E-state index contributed by atoms with van der Waals surface area (Å²) in [5, 5.41) is 18.1. The number of carbonyl (C=O) groups excluding carboxylic acids is 1. The minimum absolute atomic E-state index is 0.452. The van der Waals surface area contributed by atoms with Crippen molar-refractivity contribution in [3.63, 3.8) is 0 Å². The number of anilines is 1. The molecular weight excluding hydrogens is 575 g/mol. The van der Waals surface area contributed by atoms with Crippen molar-refractivity contribution in [2.24, 2.45) is 10.2 Å². The minimum atomic E-state index is 0.452. The third kappa shape index (κ3) is 9.19. The fraction of sp³-hybridized carbons (Fsp3) is 0.441. The van der Waals surface area contributed by atoms with Crippen molar-refractivity contribution < 1.29 is 9.53 Å². The van der Waals surface area contributed by atoms with Crippen molar-refractivity contribution in [2.75, 3.05) is 24.6 Å². The Morgan fingerprint density at radius 1 is 0.907 bits per heavy atom. The highest BCUT2D eigenvalue weighted by Crippen LogP contribution is 2.36. The van der Waals surface area contributed by atoms with E-state index in [0.29, 0.717) is 16.4 Å². The number of hydrogen-bond acceptors (Lipinski definition) is 9. The Balaban J connectivity index is 0.889. The normalized spacial score (nSPS) is 12.7. The molecule has 0 unspecified atom stereocenters. The molecule has 1 aliphatic heterocycles. The van der Waals surface area contributed by atoms with Gasteiger partial charge in [-0.2, -0.15) is 5.26 Å². The molecule has 0 radical (unpaired) electrons. The average molecular weight is 614 g/mol. The summed E-state index contributed by atoms with van der Waals surface area (Å²) in [6, 6.07) is 18.3. The molecule has 0 N–H and O–H groups in total. The molecule has 0 saturated carbocycles. The van der Waals surface area contributed by atoms with Gasteiger partial charge in [0.1, 0.15) is 10.6 Å². The van der Waals surface area contributed by atoms with E-state index in [2.05, 4.69) is 38.3 Å². The Kier molecular flexibility index (Phi) is 11.7. The zero-order chi connectivity index (χ0) is 29.7. The maximum Gasteiger partial charge on any atom is 0.231 e. The lowest BCUT2D eigenvalue weighted by Crippen LogP contribution is -2.21. The van der Waals surface area contributed by atoms with Gasteiger partial charge < -0.3 is 9.64 Å². The molecule has 0 atom stereocenters. The van der Waals surface area contributed by atoms with Crippen LogP contribution in [0.1, 0.15) is 85.0 Å². The van der Waals surface area contributed by atoms with E-state index in [1.807, 2.05) is 36.4 Å². The first kappa shape index (κ1) is 30.8. The second kappa shape index (κ2) is 16.3. The van der Waals surface area contributed by atoms with Crippen LogP contribution in [0.15, 0.2) is 58.8 Å². The molecule has 5 rings (SSSR count). The van der Waals surface area contributed by atoms with E-state index in [-0.39, 0.29) is 0 Å². The van der Waals surface area contributed by atoms with Crippen LogP contribution >= 0.6 is 22.7 Å². The highest BCUT2D eigenvalue weighted by Gasteiger charge is 2.19. The Labute approximate surface area is 262 Å². The van der Waals surface area contributed by atoms with Crippen LogP contribution in [-0.4, -0.2) is 31.0 Å². The van der Waals surface area contributed by atoms with Crippen molar-refractivity contribution >= 4 is 55.0 Å². The van der Waals surface area contributed by atoms with Gasteiger partial charge >= 0.3 is 0 Å². The van der Waals surface area contributed by atoms with Crippen LogP contribution in [0.2, 0.25) is 0 Å². The summed E-state index contributed by atoms with van der Waals surface area (Å²) in [7, 11) is 0. The predicted molar refractivity (Wildman–Crippen MR) is 177 cm³/mol. The van der Waals surface area contributed by atoms with Crippen molar-refractivity contribution in [3.8, 4) is 11.8 Å². The van der Waals surface area contributed by atoms with Gasteiger partial charge in [-0.15, -0.1) is 21.6 Å². The van der Waals surface area contributed by atoms with Gasteiger partial charge in [0.2, 0.25) is 5.13 Å². The van der Waals surface area contributed by atoms with Gasteiger partial charge in [0.25, 0.3) is 0 Å². The minimum Gasteiger partial charge on any atom is -0.494 e. The maximum atomic E-state index is 10.9. The monoisotopic (exact) mass is 613 g/mol. The lowest BCUT2D eigenvalue weighted by molar-refractivity contribution is 0.112. The molecule has 2 aromatic carbocycles. The third-order valence-corrected chi connectivity index (χ3v) is 9.79. The first-order valence-corrected chi connectivity index (χ1v) is 17.1. The number of carbonyl (C=O) groups is 1. The Morgan fingerprint density at radius 2 is 1.65 bits per heavy atom.